The third-order valence-electron chi connectivity index (χ3n) is 18.0. The van der Waals surface area contributed by atoms with Gasteiger partial charge in [0.1, 0.15) is 19.3 Å². The Kier molecular flexibility index (Phi) is 68.1. The Labute approximate surface area is 605 Å². The lowest BCUT2D eigenvalue weighted by atomic mass is 10.0. The number of hydrogen-bond acceptors (Lipinski definition) is 15. The summed E-state index contributed by atoms with van der Waals surface area (Å²) in [5.41, 5.74) is 0. The predicted octanol–water partition coefficient (Wildman–Crippen LogP) is 23.3. The lowest BCUT2D eigenvalue weighted by molar-refractivity contribution is -0.161. The molecular weight excluding hydrogens is 1290 g/mol. The first kappa shape index (κ1) is 96.5. The number of unbranched alkanes of at least 4 members (excludes halogenated alkanes) is 41. The van der Waals surface area contributed by atoms with Crippen LogP contribution in [-0.4, -0.2) is 96.7 Å². The summed E-state index contributed by atoms with van der Waals surface area (Å²) in [7, 11) is -9.93. The van der Waals surface area contributed by atoms with Crippen molar-refractivity contribution in [2.45, 2.75) is 407 Å². The molecule has 0 amide bonds. The van der Waals surface area contributed by atoms with E-state index in [9.17, 15) is 43.2 Å². The topological polar surface area (TPSA) is 237 Å². The van der Waals surface area contributed by atoms with Crippen LogP contribution in [0.1, 0.15) is 389 Å². The monoisotopic (exact) mass is 1450 g/mol. The molecule has 0 rings (SSSR count). The van der Waals surface area contributed by atoms with Gasteiger partial charge in [-0.3, -0.25) is 37.3 Å². The summed E-state index contributed by atoms with van der Waals surface area (Å²) in [6.45, 7) is 11.8. The van der Waals surface area contributed by atoms with E-state index in [0.29, 0.717) is 31.6 Å². The fourth-order valence-electron chi connectivity index (χ4n) is 11.8. The fraction of sp³-hybridized carbons (Fsp3) is 0.900. The van der Waals surface area contributed by atoms with Gasteiger partial charge < -0.3 is 33.8 Å². The van der Waals surface area contributed by atoms with Gasteiger partial charge in [0.15, 0.2) is 12.2 Å². The van der Waals surface area contributed by atoms with Crippen LogP contribution in [0, 0.1) is 17.8 Å². The van der Waals surface area contributed by atoms with Crippen molar-refractivity contribution in [2.24, 2.45) is 17.8 Å². The van der Waals surface area contributed by atoms with Crippen LogP contribution in [0.3, 0.4) is 0 Å². The third-order valence-corrected chi connectivity index (χ3v) is 19.9. The molecule has 0 bridgehead atoms. The summed E-state index contributed by atoms with van der Waals surface area (Å²) in [6, 6.07) is 0. The second-order valence-corrected chi connectivity index (χ2v) is 32.5. The van der Waals surface area contributed by atoms with Crippen LogP contribution in [0.4, 0.5) is 0 Å². The van der Waals surface area contributed by atoms with Gasteiger partial charge in [-0.1, -0.05) is 336 Å². The van der Waals surface area contributed by atoms with Crippen LogP contribution in [0.2, 0.25) is 0 Å². The standard InChI is InChI=1S/C80H152O17P2/c1-8-9-10-11-12-13-14-15-20-24-29-35-40-49-56-63-79(84)96-75(67-90-77(82)61-54-47-39-34-31-26-28-33-38-45-52-59-72(4)5)69-94-98(86,87)92-65-74(81)66-93-99(88,89)95-70-76(68-91-78(83)62-55-48-43-42-46-53-60-73(6)7)97-80(85)64-57-50-41-36-30-25-22-19-17-16-18-21-23-27-32-37-44-51-58-71(2)3/h13-15,20,71-76,81H,8-12,16-19,21-70H2,1-7H3,(H,86,87)(H,88,89)/b14-13-,20-15-/t74?,75-,76-/m1/s1. The smallest absolute Gasteiger partial charge is 0.462 e. The van der Waals surface area contributed by atoms with E-state index in [1.165, 1.54) is 180 Å². The highest BCUT2D eigenvalue weighted by Crippen LogP contribution is 2.45. The Morgan fingerprint density at radius 2 is 0.545 bits per heavy atom. The van der Waals surface area contributed by atoms with Crippen LogP contribution in [0.25, 0.3) is 0 Å². The minimum atomic E-state index is -4.97. The second-order valence-electron chi connectivity index (χ2n) is 29.5. The molecular formula is C80H152O17P2. The number of hydrogen-bond donors (Lipinski definition) is 3. The molecule has 0 fully saturated rings. The molecule has 5 atom stereocenters. The van der Waals surface area contributed by atoms with Crippen LogP contribution in [0.5, 0.6) is 0 Å². The molecule has 0 saturated carbocycles. The SMILES string of the molecule is CCCCCC/C=C\C=C/CCCCCCCC(=O)O[C@H](COC(=O)CCCCCCCCCCCCCC(C)C)COP(=O)(O)OCC(O)COP(=O)(O)OC[C@@H](COC(=O)CCCCCCCCC(C)C)OC(=O)CCCCCCCCCCCCCCCCCCCCC(C)C. The average Bonchev–Trinajstić information content (AvgIpc) is 1.08. The number of rotatable bonds is 76. The van der Waals surface area contributed by atoms with Gasteiger partial charge in [-0.05, 0) is 69.1 Å². The minimum Gasteiger partial charge on any atom is -0.462 e. The number of phosphoric ester groups is 2. The molecule has 0 aliphatic heterocycles. The van der Waals surface area contributed by atoms with Gasteiger partial charge in [0.2, 0.25) is 0 Å². The number of aliphatic hydroxyl groups excluding tert-OH is 1. The van der Waals surface area contributed by atoms with E-state index in [0.717, 1.165) is 121 Å². The quantitative estimate of drug-likeness (QED) is 0.0169. The Bertz CT molecular complexity index is 2020. The van der Waals surface area contributed by atoms with Crippen LogP contribution in [0.15, 0.2) is 24.3 Å². The summed E-state index contributed by atoms with van der Waals surface area (Å²) in [5, 5.41) is 10.6. The number of carbonyl (C=O) groups excluding carboxylic acids is 4. The van der Waals surface area contributed by atoms with Crippen molar-refractivity contribution in [2.75, 3.05) is 39.6 Å². The van der Waals surface area contributed by atoms with Gasteiger partial charge in [0.25, 0.3) is 0 Å². The molecule has 0 aliphatic rings. The van der Waals surface area contributed by atoms with Gasteiger partial charge in [-0.25, -0.2) is 9.13 Å². The van der Waals surface area contributed by atoms with Crippen molar-refractivity contribution in [3.63, 3.8) is 0 Å². The molecule has 0 aromatic carbocycles. The molecule has 584 valence electrons. The molecule has 99 heavy (non-hydrogen) atoms. The number of allylic oxidation sites excluding steroid dienone is 4. The van der Waals surface area contributed by atoms with Gasteiger partial charge >= 0.3 is 39.5 Å². The Morgan fingerprint density at radius 3 is 0.818 bits per heavy atom. The molecule has 0 heterocycles. The van der Waals surface area contributed by atoms with Gasteiger partial charge in [0, 0.05) is 25.7 Å². The number of ether oxygens (including phenoxy) is 4. The van der Waals surface area contributed by atoms with Crippen LogP contribution >= 0.6 is 15.6 Å². The molecule has 0 aromatic rings. The highest BCUT2D eigenvalue weighted by atomic mass is 31.2. The molecule has 0 spiro atoms. The number of esters is 4. The highest BCUT2D eigenvalue weighted by molar-refractivity contribution is 7.47. The van der Waals surface area contributed by atoms with Crippen LogP contribution < -0.4 is 0 Å². The Balaban J connectivity index is 5.22. The molecule has 3 unspecified atom stereocenters. The summed E-state index contributed by atoms with van der Waals surface area (Å²) < 4.78 is 68.6. The first-order chi connectivity index (χ1) is 47.7. The summed E-state index contributed by atoms with van der Waals surface area (Å²) in [4.78, 5) is 72.9. The molecule has 17 nitrogen and oxygen atoms in total. The third kappa shape index (κ3) is 73.6. The van der Waals surface area contributed by atoms with E-state index in [2.05, 4.69) is 72.8 Å². The van der Waals surface area contributed by atoms with E-state index in [-0.39, 0.29) is 25.7 Å². The normalized spacial score (nSPS) is 14.2. The molecule has 0 radical (unpaired) electrons. The van der Waals surface area contributed by atoms with E-state index < -0.39 is 97.5 Å². The Morgan fingerprint density at radius 1 is 0.313 bits per heavy atom. The van der Waals surface area contributed by atoms with Crippen molar-refractivity contribution >= 4 is 39.5 Å². The zero-order chi connectivity index (χ0) is 73.0. The number of carbonyl (C=O) groups is 4. The van der Waals surface area contributed by atoms with Gasteiger partial charge in [-0.15, -0.1) is 0 Å². The maximum absolute atomic E-state index is 13.1. The predicted molar refractivity (Wildman–Crippen MR) is 404 cm³/mol. The maximum Gasteiger partial charge on any atom is 0.472 e. The van der Waals surface area contributed by atoms with E-state index in [4.69, 9.17) is 37.0 Å². The second kappa shape index (κ2) is 69.9. The van der Waals surface area contributed by atoms with E-state index in [1.54, 1.807) is 0 Å². The van der Waals surface area contributed by atoms with Crippen molar-refractivity contribution in [3.8, 4) is 0 Å². The minimum absolute atomic E-state index is 0.0847. The summed E-state index contributed by atoms with van der Waals surface area (Å²) in [5.74, 6) is 0.120. The summed E-state index contributed by atoms with van der Waals surface area (Å²) >= 11 is 0. The maximum atomic E-state index is 13.1. The largest absolute Gasteiger partial charge is 0.472 e. The van der Waals surface area contributed by atoms with E-state index in [1.807, 2.05) is 0 Å². The van der Waals surface area contributed by atoms with E-state index >= 15 is 0 Å². The van der Waals surface area contributed by atoms with Crippen molar-refractivity contribution < 1.29 is 80.2 Å². The molecule has 19 heteroatoms. The lowest BCUT2D eigenvalue weighted by Crippen LogP contribution is -2.30. The van der Waals surface area contributed by atoms with Crippen molar-refractivity contribution in [3.05, 3.63) is 24.3 Å². The average molecular weight is 1450 g/mol. The first-order valence-electron chi connectivity index (χ1n) is 40.7. The van der Waals surface area contributed by atoms with Crippen molar-refractivity contribution in [1.29, 1.82) is 0 Å². The highest BCUT2D eigenvalue weighted by Gasteiger charge is 2.30. The van der Waals surface area contributed by atoms with Gasteiger partial charge in [-0.2, -0.15) is 0 Å². The first-order valence-corrected chi connectivity index (χ1v) is 43.7. The van der Waals surface area contributed by atoms with Crippen molar-refractivity contribution in [1.82, 2.24) is 0 Å². The Hall–Kier alpha value is -2.46. The zero-order valence-corrected chi connectivity index (χ0v) is 66.2. The lowest BCUT2D eigenvalue weighted by Gasteiger charge is -2.21. The van der Waals surface area contributed by atoms with Gasteiger partial charge in [0.05, 0.1) is 26.4 Å². The number of phosphoric acid groups is 2. The molecule has 3 N–H and O–H groups in total. The molecule has 0 aromatic heterocycles. The zero-order valence-electron chi connectivity index (χ0n) is 64.4. The fourth-order valence-corrected chi connectivity index (χ4v) is 13.3. The summed E-state index contributed by atoms with van der Waals surface area (Å²) in [6.07, 6.45) is 60.7. The molecule has 0 aliphatic carbocycles. The molecule has 0 saturated heterocycles. The number of aliphatic hydroxyl groups is 1. The van der Waals surface area contributed by atoms with Crippen LogP contribution in [-0.2, 0) is 65.4 Å².